The molecule has 0 bridgehead atoms. The molecule has 3 aromatic carbocycles. The number of aromatic nitrogens is 1. The lowest BCUT2D eigenvalue weighted by Crippen LogP contribution is -2.03. The summed E-state index contributed by atoms with van der Waals surface area (Å²) < 4.78 is 16.4. The van der Waals surface area contributed by atoms with E-state index in [1.54, 1.807) is 42.5 Å². The topological polar surface area (TPSA) is 99.7 Å². The Morgan fingerprint density at radius 2 is 1.87 bits per heavy atom. The molecule has 0 amide bonds. The third-order valence-corrected chi connectivity index (χ3v) is 5.36. The number of fused-ring (bicyclic) bond motifs is 2. The maximum Gasteiger partial charge on any atom is 0.278 e. The summed E-state index contributed by atoms with van der Waals surface area (Å²) in [7, 11) is 0. The lowest BCUT2D eigenvalue weighted by molar-refractivity contribution is -0.385. The van der Waals surface area contributed by atoms with Gasteiger partial charge in [0.05, 0.1) is 27.1 Å². The fourth-order valence-electron chi connectivity index (χ4n) is 3.30. The normalized spacial score (nSPS) is 12.3. The summed E-state index contributed by atoms with van der Waals surface area (Å²) in [6.07, 6.45) is 0. The van der Waals surface area contributed by atoms with Crippen molar-refractivity contribution < 1.29 is 18.8 Å². The van der Waals surface area contributed by atoms with Crippen molar-refractivity contribution >= 4 is 45.7 Å². The van der Waals surface area contributed by atoms with E-state index in [0.717, 1.165) is 5.69 Å². The van der Waals surface area contributed by atoms with Crippen LogP contribution in [-0.4, -0.2) is 16.7 Å². The third kappa shape index (κ3) is 3.71. The number of hydrogen-bond donors (Lipinski definition) is 1. The monoisotopic (exact) mass is 457 g/mol. The number of ether oxygens (including phenoxy) is 2. The van der Waals surface area contributed by atoms with Crippen molar-refractivity contribution in [1.29, 1.82) is 0 Å². The Balaban J connectivity index is 1.42. The highest BCUT2D eigenvalue weighted by atomic mass is 35.5. The van der Waals surface area contributed by atoms with Crippen molar-refractivity contribution in [3.8, 4) is 23.0 Å². The molecule has 0 fully saturated rings. The first-order valence-electron chi connectivity index (χ1n) is 9.15. The molecule has 8 nitrogen and oxygen atoms in total. The van der Waals surface area contributed by atoms with Gasteiger partial charge >= 0.3 is 0 Å². The van der Waals surface area contributed by atoms with Gasteiger partial charge in [-0.3, -0.25) is 10.1 Å². The minimum absolute atomic E-state index is 0.0443. The van der Waals surface area contributed by atoms with Crippen molar-refractivity contribution in [3.63, 3.8) is 0 Å². The molecule has 5 rings (SSSR count). The highest BCUT2D eigenvalue weighted by molar-refractivity contribution is 6.35. The van der Waals surface area contributed by atoms with E-state index in [4.69, 9.17) is 37.1 Å². The lowest BCUT2D eigenvalue weighted by atomic mass is 10.1. The number of nitro groups is 1. The first-order valence-corrected chi connectivity index (χ1v) is 9.90. The van der Waals surface area contributed by atoms with Crippen LogP contribution < -0.4 is 14.8 Å². The van der Waals surface area contributed by atoms with E-state index < -0.39 is 4.92 Å². The van der Waals surface area contributed by atoms with Crippen LogP contribution >= 0.6 is 23.2 Å². The van der Waals surface area contributed by atoms with Crippen molar-refractivity contribution in [1.82, 2.24) is 4.98 Å². The predicted molar refractivity (Wildman–Crippen MR) is 116 cm³/mol. The van der Waals surface area contributed by atoms with Crippen LogP contribution in [0.3, 0.4) is 0 Å². The van der Waals surface area contributed by atoms with Crippen molar-refractivity contribution in [2.45, 2.75) is 6.54 Å². The SMILES string of the molecule is O=[N+]([O-])c1cc2c(cc1CNc1ccc3oc(-c4cc(Cl)ccc4Cl)nc3c1)OCO2. The van der Waals surface area contributed by atoms with Gasteiger partial charge in [0.1, 0.15) is 5.52 Å². The summed E-state index contributed by atoms with van der Waals surface area (Å²) in [4.78, 5) is 15.5. The number of nitrogens with one attached hydrogen (secondary N) is 1. The Kier molecular flexibility index (Phi) is 4.80. The smallest absolute Gasteiger partial charge is 0.278 e. The summed E-state index contributed by atoms with van der Waals surface area (Å²) in [5, 5.41) is 15.6. The molecule has 0 unspecified atom stereocenters. The number of nitrogens with zero attached hydrogens (tertiary/aromatic N) is 2. The summed E-state index contributed by atoms with van der Waals surface area (Å²) in [5.74, 6) is 1.20. The molecule has 156 valence electrons. The number of oxazole rings is 1. The second kappa shape index (κ2) is 7.64. The molecular weight excluding hydrogens is 445 g/mol. The minimum Gasteiger partial charge on any atom is -0.454 e. The van der Waals surface area contributed by atoms with E-state index >= 15 is 0 Å². The highest BCUT2D eigenvalue weighted by Crippen LogP contribution is 2.38. The fourth-order valence-corrected chi connectivity index (χ4v) is 3.67. The van der Waals surface area contributed by atoms with Crippen molar-refractivity contribution in [3.05, 3.63) is 74.3 Å². The largest absolute Gasteiger partial charge is 0.454 e. The molecule has 2 heterocycles. The van der Waals surface area contributed by atoms with Crippen LogP contribution in [0.4, 0.5) is 11.4 Å². The van der Waals surface area contributed by atoms with E-state index in [1.807, 2.05) is 0 Å². The molecule has 0 spiro atoms. The van der Waals surface area contributed by atoms with Crippen LogP contribution in [0.1, 0.15) is 5.56 Å². The quantitative estimate of drug-likeness (QED) is 0.287. The molecule has 0 saturated carbocycles. The van der Waals surface area contributed by atoms with Crippen LogP contribution in [0.25, 0.3) is 22.6 Å². The number of nitro benzene ring substituents is 1. The maximum atomic E-state index is 11.4. The maximum absolute atomic E-state index is 11.4. The van der Waals surface area contributed by atoms with E-state index in [1.165, 1.54) is 6.07 Å². The van der Waals surface area contributed by atoms with E-state index in [-0.39, 0.29) is 19.0 Å². The van der Waals surface area contributed by atoms with Gasteiger partial charge in [-0.15, -0.1) is 0 Å². The second-order valence-corrected chi connectivity index (χ2v) is 7.61. The predicted octanol–water partition coefficient (Wildman–Crippen LogP) is 6.05. The minimum atomic E-state index is -0.444. The summed E-state index contributed by atoms with van der Waals surface area (Å²) >= 11 is 12.3. The fraction of sp³-hybridized carbons (Fsp3) is 0.0952. The van der Waals surface area contributed by atoms with Crippen LogP contribution in [0, 0.1) is 10.1 Å². The molecule has 1 aromatic heterocycles. The third-order valence-electron chi connectivity index (χ3n) is 4.80. The average Bonchev–Trinajstić information content (AvgIpc) is 3.38. The second-order valence-electron chi connectivity index (χ2n) is 6.77. The van der Waals surface area contributed by atoms with Gasteiger partial charge in [0.2, 0.25) is 12.7 Å². The first-order chi connectivity index (χ1) is 15.0. The van der Waals surface area contributed by atoms with Crippen LogP contribution in [0.15, 0.2) is 52.9 Å². The number of halogens is 2. The van der Waals surface area contributed by atoms with Crippen LogP contribution in [0.5, 0.6) is 11.5 Å². The number of hydrogen-bond acceptors (Lipinski definition) is 7. The summed E-state index contributed by atoms with van der Waals surface area (Å²) in [6.45, 7) is 0.258. The standard InChI is InChI=1S/C21H13Cl2N3O5/c22-12-1-3-15(23)14(6-12)21-25-16-7-13(2-4-18(16)31-21)24-9-11-5-19-20(30-10-29-19)8-17(11)26(27)28/h1-8,24H,9-10H2. The van der Waals surface area contributed by atoms with E-state index in [2.05, 4.69) is 10.3 Å². The van der Waals surface area contributed by atoms with Gasteiger partial charge < -0.3 is 19.2 Å². The Hall–Kier alpha value is -3.49. The van der Waals surface area contributed by atoms with Gasteiger partial charge in [0, 0.05) is 17.3 Å². The number of rotatable bonds is 5. The lowest BCUT2D eigenvalue weighted by Gasteiger charge is -2.08. The average molecular weight is 458 g/mol. The summed E-state index contributed by atoms with van der Waals surface area (Å²) in [6, 6.07) is 13.4. The Bertz CT molecular complexity index is 1340. The zero-order chi connectivity index (χ0) is 21.5. The summed E-state index contributed by atoms with van der Waals surface area (Å²) in [5.41, 5.74) is 2.92. The van der Waals surface area contributed by atoms with Gasteiger partial charge in [-0.05, 0) is 42.5 Å². The van der Waals surface area contributed by atoms with Gasteiger partial charge in [0.25, 0.3) is 5.69 Å². The molecule has 1 N–H and O–H groups in total. The molecule has 0 radical (unpaired) electrons. The molecule has 10 heteroatoms. The van der Waals surface area contributed by atoms with Gasteiger partial charge in [-0.1, -0.05) is 23.2 Å². The molecule has 1 aliphatic heterocycles. The molecular formula is C21H13Cl2N3O5. The van der Waals surface area contributed by atoms with Crippen molar-refractivity contribution in [2.24, 2.45) is 0 Å². The first kappa shape index (κ1) is 19.5. The zero-order valence-electron chi connectivity index (χ0n) is 15.7. The Morgan fingerprint density at radius 1 is 1.06 bits per heavy atom. The van der Waals surface area contributed by atoms with E-state index in [9.17, 15) is 10.1 Å². The Morgan fingerprint density at radius 3 is 2.68 bits per heavy atom. The number of anilines is 1. The molecule has 4 aromatic rings. The van der Waals surface area contributed by atoms with Crippen LogP contribution in [-0.2, 0) is 6.54 Å². The van der Waals surface area contributed by atoms with Gasteiger partial charge in [0.15, 0.2) is 17.1 Å². The number of benzene rings is 3. The molecule has 0 atom stereocenters. The zero-order valence-corrected chi connectivity index (χ0v) is 17.2. The molecule has 0 saturated heterocycles. The Labute approximate surface area is 185 Å². The highest BCUT2D eigenvalue weighted by Gasteiger charge is 2.23. The molecule has 0 aliphatic carbocycles. The van der Waals surface area contributed by atoms with E-state index in [0.29, 0.717) is 49.7 Å². The molecule has 31 heavy (non-hydrogen) atoms. The van der Waals surface area contributed by atoms with Gasteiger partial charge in [-0.2, -0.15) is 0 Å². The van der Waals surface area contributed by atoms with Crippen molar-refractivity contribution in [2.75, 3.05) is 12.1 Å². The van der Waals surface area contributed by atoms with Crippen LogP contribution in [0.2, 0.25) is 10.0 Å². The molecule has 1 aliphatic rings. The van der Waals surface area contributed by atoms with Gasteiger partial charge in [-0.25, -0.2) is 4.98 Å².